The van der Waals surface area contributed by atoms with Gasteiger partial charge in [-0.1, -0.05) is 52.3 Å². The van der Waals surface area contributed by atoms with Gasteiger partial charge in [-0.05, 0) is 110 Å². The normalized spacial score (nSPS) is 45.1. The maximum atomic E-state index is 12.1. The Morgan fingerprint density at radius 3 is 2.52 bits per heavy atom. The summed E-state index contributed by atoms with van der Waals surface area (Å²) in [5, 5.41) is 0. The van der Waals surface area contributed by atoms with Gasteiger partial charge in [0.05, 0.1) is 0 Å². The molecule has 4 aliphatic rings. The highest BCUT2D eigenvalue weighted by molar-refractivity contribution is 5.94. The van der Waals surface area contributed by atoms with Crippen LogP contribution in [0.15, 0.2) is 24.3 Å². The molecule has 29 heavy (non-hydrogen) atoms. The highest BCUT2D eigenvalue weighted by atomic mass is 16.1. The Labute approximate surface area is 179 Å². The topological polar surface area (TPSA) is 17.1 Å². The number of ketones is 1. The van der Waals surface area contributed by atoms with E-state index in [9.17, 15) is 4.79 Å². The number of carbonyl (C=O) groups is 1. The first-order chi connectivity index (χ1) is 13.7. The van der Waals surface area contributed by atoms with Crippen LogP contribution in [0.25, 0.3) is 0 Å². The molecule has 0 radical (unpaired) electrons. The molecule has 4 rings (SSSR count). The Balaban J connectivity index is 1.51. The molecule has 0 bridgehead atoms. The van der Waals surface area contributed by atoms with Crippen LogP contribution in [0, 0.1) is 46.3 Å². The van der Waals surface area contributed by atoms with Crippen molar-refractivity contribution >= 4 is 5.78 Å². The third-order valence-corrected chi connectivity index (χ3v) is 10.6. The van der Waals surface area contributed by atoms with Crippen LogP contribution in [-0.2, 0) is 4.79 Å². The van der Waals surface area contributed by atoms with Crippen LogP contribution in [0.5, 0.6) is 0 Å². The van der Waals surface area contributed by atoms with Gasteiger partial charge in [0, 0.05) is 6.42 Å². The molecule has 162 valence electrons. The Morgan fingerprint density at radius 1 is 1.07 bits per heavy atom. The smallest absolute Gasteiger partial charge is 0.157 e. The summed E-state index contributed by atoms with van der Waals surface area (Å²) in [5.74, 6) is 5.17. The van der Waals surface area contributed by atoms with Crippen molar-refractivity contribution in [2.75, 3.05) is 0 Å². The van der Waals surface area contributed by atoms with Gasteiger partial charge < -0.3 is 0 Å². The van der Waals surface area contributed by atoms with Crippen molar-refractivity contribution in [1.82, 2.24) is 0 Å². The fourth-order valence-corrected chi connectivity index (χ4v) is 9.06. The summed E-state index contributed by atoms with van der Waals surface area (Å²) in [6.45, 7) is 18.0. The fraction of sp³-hybridized carbons (Fsp3) is 0.821. The van der Waals surface area contributed by atoms with Crippen molar-refractivity contribution in [2.24, 2.45) is 46.3 Å². The molecule has 1 heteroatoms. The molecule has 0 aromatic heterocycles. The van der Waals surface area contributed by atoms with Crippen LogP contribution in [0.1, 0.15) is 98.3 Å². The molecule has 4 aliphatic carbocycles. The van der Waals surface area contributed by atoms with Crippen molar-refractivity contribution in [3.05, 3.63) is 24.3 Å². The quantitative estimate of drug-likeness (QED) is 0.343. The molecule has 0 aromatic rings. The molecule has 0 heterocycles. The number of hydrogen-bond acceptors (Lipinski definition) is 1. The van der Waals surface area contributed by atoms with Crippen molar-refractivity contribution in [1.29, 1.82) is 0 Å². The third kappa shape index (κ3) is 3.39. The Kier molecular flexibility index (Phi) is 5.67. The molecule has 4 saturated carbocycles. The van der Waals surface area contributed by atoms with Gasteiger partial charge in [-0.15, -0.1) is 0 Å². The SMILES string of the molecule is C=C(C)C(=O)CC[C@@H](C)[C@H]1CC[C@H]2[C@@H]3CC(=C)C4CCCC[C@]4(C)[C@H]3CC[C@]12C. The Bertz CT molecular complexity index is 688. The maximum absolute atomic E-state index is 12.1. The first-order valence-electron chi connectivity index (χ1n) is 12.5. The summed E-state index contributed by atoms with van der Waals surface area (Å²) in [4.78, 5) is 12.1. The summed E-state index contributed by atoms with van der Waals surface area (Å²) in [6, 6.07) is 0. The minimum atomic E-state index is 0.264. The number of Topliss-reactive ketones (excluding diaryl/α,β-unsaturated/α-hetero) is 1. The monoisotopic (exact) mass is 396 g/mol. The van der Waals surface area contributed by atoms with E-state index in [1.807, 2.05) is 6.92 Å². The van der Waals surface area contributed by atoms with Crippen LogP contribution < -0.4 is 0 Å². The average Bonchev–Trinajstić information content (AvgIpc) is 3.03. The van der Waals surface area contributed by atoms with Gasteiger partial charge in [0.1, 0.15) is 0 Å². The van der Waals surface area contributed by atoms with Crippen molar-refractivity contribution in [3.63, 3.8) is 0 Å². The molecule has 4 fully saturated rings. The minimum Gasteiger partial charge on any atom is -0.295 e. The van der Waals surface area contributed by atoms with Gasteiger partial charge in [0.2, 0.25) is 0 Å². The predicted molar refractivity (Wildman–Crippen MR) is 123 cm³/mol. The predicted octanol–water partition coefficient (Wildman–Crippen LogP) is 7.76. The highest BCUT2D eigenvalue weighted by Gasteiger charge is 2.60. The van der Waals surface area contributed by atoms with Crippen LogP contribution in [0.4, 0.5) is 0 Å². The molecule has 1 nitrogen and oxygen atoms in total. The second-order valence-corrected chi connectivity index (χ2v) is 12.0. The van der Waals surface area contributed by atoms with Gasteiger partial charge in [-0.3, -0.25) is 4.79 Å². The molecule has 1 unspecified atom stereocenters. The van der Waals surface area contributed by atoms with E-state index in [4.69, 9.17) is 0 Å². The molecular weight excluding hydrogens is 352 g/mol. The zero-order valence-corrected chi connectivity index (χ0v) is 19.6. The van der Waals surface area contributed by atoms with E-state index in [2.05, 4.69) is 33.9 Å². The number of allylic oxidation sites excluding steroid dienone is 2. The lowest BCUT2D eigenvalue weighted by Gasteiger charge is -2.61. The lowest BCUT2D eigenvalue weighted by molar-refractivity contribution is -0.116. The summed E-state index contributed by atoms with van der Waals surface area (Å²) < 4.78 is 0. The largest absolute Gasteiger partial charge is 0.295 e. The molecular formula is C28H44O. The van der Waals surface area contributed by atoms with E-state index in [-0.39, 0.29) is 5.78 Å². The lowest BCUT2D eigenvalue weighted by Crippen LogP contribution is -2.53. The second kappa shape index (κ2) is 7.69. The first-order valence-corrected chi connectivity index (χ1v) is 12.5. The second-order valence-electron chi connectivity index (χ2n) is 12.0. The number of carbonyl (C=O) groups excluding carboxylic acids is 1. The van der Waals surface area contributed by atoms with Gasteiger partial charge in [-0.25, -0.2) is 0 Å². The highest BCUT2D eigenvalue weighted by Crippen LogP contribution is 2.69. The third-order valence-electron chi connectivity index (χ3n) is 10.6. The zero-order valence-electron chi connectivity index (χ0n) is 19.6. The van der Waals surface area contributed by atoms with E-state index in [0.29, 0.717) is 23.2 Å². The van der Waals surface area contributed by atoms with Crippen LogP contribution in [0.2, 0.25) is 0 Å². The summed E-state index contributed by atoms with van der Waals surface area (Å²) in [5.41, 5.74) is 3.33. The van der Waals surface area contributed by atoms with Gasteiger partial charge >= 0.3 is 0 Å². The van der Waals surface area contributed by atoms with E-state index in [1.54, 1.807) is 5.57 Å². The number of fused-ring (bicyclic) bond motifs is 5. The van der Waals surface area contributed by atoms with E-state index in [0.717, 1.165) is 41.6 Å². The Morgan fingerprint density at radius 2 is 1.79 bits per heavy atom. The summed E-state index contributed by atoms with van der Waals surface area (Å²) in [6.07, 6.45) is 14.4. The van der Waals surface area contributed by atoms with Gasteiger partial charge in [-0.2, -0.15) is 0 Å². The minimum absolute atomic E-state index is 0.264. The molecule has 0 aromatic carbocycles. The maximum Gasteiger partial charge on any atom is 0.157 e. The van der Waals surface area contributed by atoms with Crippen LogP contribution in [0.3, 0.4) is 0 Å². The van der Waals surface area contributed by atoms with Crippen molar-refractivity contribution < 1.29 is 4.79 Å². The molecule has 0 aliphatic heterocycles. The van der Waals surface area contributed by atoms with Crippen LogP contribution >= 0.6 is 0 Å². The average molecular weight is 397 g/mol. The lowest BCUT2D eigenvalue weighted by atomic mass is 9.44. The van der Waals surface area contributed by atoms with Crippen LogP contribution in [-0.4, -0.2) is 5.78 Å². The van der Waals surface area contributed by atoms with E-state index < -0.39 is 0 Å². The summed E-state index contributed by atoms with van der Waals surface area (Å²) in [7, 11) is 0. The summed E-state index contributed by atoms with van der Waals surface area (Å²) >= 11 is 0. The first kappa shape index (κ1) is 21.4. The van der Waals surface area contributed by atoms with E-state index in [1.165, 1.54) is 57.8 Å². The standard InChI is InChI=1S/C28H44O/c1-18(2)26(29)13-10-19(3)23-11-12-24-21-17-20(4)22-9-7-8-15-27(22,5)25(21)14-16-28(23,24)6/h19,21-25H,1,4,7-17H2,2-3,5-6H3/t19-,21+,22?,23-,24+,25+,27+,28-/m1/s1. The number of hydrogen-bond donors (Lipinski definition) is 0. The van der Waals surface area contributed by atoms with Gasteiger partial charge in [0.15, 0.2) is 5.78 Å². The Hall–Kier alpha value is -0.850. The molecule has 0 amide bonds. The van der Waals surface area contributed by atoms with E-state index >= 15 is 0 Å². The van der Waals surface area contributed by atoms with Crippen molar-refractivity contribution in [3.8, 4) is 0 Å². The van der Waals surface area contributed by atoms with Gasteiger partial charge in [0.25, 0.3) is 0 Å². The molecule has 8 atom stereocenters. The number of rotatable bonds is 5. The molecule has 0 N–H and O–H groups in total. The molecule has 0 saturated heterocycles. The fourth-order valence-electron chi connectivity index (χ4n) is 9.06. The zero-order chi connectivity index (χ0) is 21.0. The van der Waals surface area contributed by atoms with Crippen molar-refractivity contribution in [2.45, 2.75) is 98.3 Å². The molecule has 0 spiro atoms.